The van der Waals surface area contributed by atoms with Gasteiger partial charge < -0.3 is 36.8 Å². The van der Waals surface area contributed by atoms with E-state index in [2.05, 4.69) is 77.8 Å². The first-order chi connectivity index (χ1) is 23.7. The summed E-state index contributed by atoms with van der Waals surface area (Å²) in [4.78, 5) is 20.1. The molecule has 0 aliphatic carbocycles. The molecule has 0 unspecified atom stereocenters. The van der Waals surface area contributed by atoms with Crippen LogP contribution in [0.3, 0.4) is 0 Å². The number of hydrogen-bond acceptors (Lipinski definition) is 9. The van der Waals surface area contributed by atoms with Crippen molar-refractivity contribution in [3.05, 3.63) is 35.4 Å². The van der Waals surface area contributed by atoms with E-state index in [4.69, 9.17) is 0 Å². The minimum Gasteiger partial charge on any atom is -0.356 e. The van der Waals surface area contributed by atoms with Gasteiger partial charge in [0, 0.05) is 78.4 Å². The molecule has 0 spiro atoms. The van der Waals surface area contributed by atoms with Crippen molar-refractivity contribution in [1.29, 1.82) is 0 Å². The van der Waals surface area contributed by atoms with Gasteiger partial charge >= 0.3 is 0 Å². The van der Waals surface area contributed by atoms with Gasteiger partial charge in [-0.25, -0.2) is 0 Å². The van der Waals surface area contributed by atoms with Crippen LogP contribution in [0.4, 0.5) is 0 Å². The van der Waals surface area contributed by atoms with E-state index in [-0.39, 0.29) is 5.91 Å². The molecule has 2 fully saturated rings. The predicted molar refractivity (Wildman–Crippen MR) is 203 cm³/mol. The second-order valence-corrected chi connectivity index (χ2v) is 13.9. The maximum Gasteiger partial charge on any atom is 0.219 e. The van der Waals surface area contributed by atoms with Crippen molar-refractivity contribution in [2.24, 2.45) is 0 Å². The number of nitrogens with zero attached hydrogens (tertiary/aromatic N) is 3. The number of nitrogens with one attached hydrogen (secondary N) is 6. The summed E-state index contributed by atoms with van der Waals surface area (Å²) in [7, 11) is 0. The summed E-state index contributed by atoms with van der Waals surface area (Å²) in [6.45, 7) is 23.4. The van der Waals surface area contributed by atoms with Crippen LogP contribution in [0.5, 0.6) is 0 Å². The molecule has 2 aliphatic rings. The van der Waals surface area contributed by atoms with E-state index in [9.17, 15) is 4.79 Å². The Morgan fingerprint density at radius 2 is 1.06 bits per heavy atom. The van der Waals surface area contributed by atoms with Gasteiger partial charge in [-0.3, -0.25) is 14.6 Å². The normalized spacial score (nSPS) is 20.4. The van der Waals surface area contributed by atoms with Gasteiger partial charge in [-0.2, -0.15) is 0 Å². The van der Waals surface area contributed by atoms with Crippen LogP contribution in [0.2, 0.25) is 0 Å². The zero-order valence-electron chi connectivity index (χ0n) is 30.8. The quantitative estimate of drug-likeness (QED) is 0.177. The maximum absolute atomic E-state index is 12.2. The van der Waals surface area contributed by atoms with Crippen molar-refractivity contribution in [1.82, 2.24) is 46.6 Å². The predicted octanol–water partition coefficient (Wildman–Crippen LogP) is 2.60. The molecule has 2 heterocycles. The van der Waals surface area contributed by atoms with Crippen molar-refractivity contribution in [2.45, 2.75) is 84.2 Å². The van der Waals surface area contributed by atoms with E-state index in [1.165, 1.54) is 43.2 Å². The number of benzene rings is 1. The van der Waals surface area contributed by atoms with Crippen LogP contribution in [0, 0.1) is 0 Å². The zero-order valence-corrected chi connectivity index (χ0v) is 30.8. The Kier molecular flexibility index (Phi) is 23.9. The summed E-state index contributed by atoms with van der Waals surface area (Å²) >= 11 is 0. The van der Waals surface area contributed by atoms with E-state index >= 15 is 0 Å². The lowest BCUT2D eigenvalue weighted by atomic mass is 10.1. The summed E-state index contributed by atoms with van der Waals surface area (Å²) < 4.78 is 0. The van der Waals surface area contributed by atoms with Gasteiger partial charge in [0.15, 0.2) is 0 Å². The molecule has 10 heteroatoms. The fourth-order valence-corrected chi connectivity index (χ4v) is 6.59. The van der Waals surface area contributed by atoms with E-state index < -0.39 is 0 Å². The number of amides is 1. The number of carbonyl (C=O) groups excluding carboxylic acids is 1. The molecule has 10 nitrogen and oxygen atoms in total. The Labute approximate surface area is 294 Å². The molecule has 1 aromatic rings. The summed E-state index contributed by atoms with van der Waals surface area (Å²) in [5, 5.41) is 21.1. The van der Waals surface area contributed by atoms with Crippen molar-refractivity contribution in [3.8, 4) is 0 Å². The lowest BCUT2D eigenvalue weighted by Crippen LogP contribution is -2.38. The van der Waals surface area contributed by atoms with E-state index in [1.54, 1.807) is 0 Å². The van der Waals surface area contributed by atoms with Crippen LogP contribution in [0.1, 0.15) is 82.3 Å². The molecule has 2 saturated heterocycles. The summed E-state index contributed by atoms with van der Waals surface area (Å²) in [6.07, 6.45) is 10.9. The molecule has 0 saturated carbocycles. The molecule has 276 valence electrons. The lowest BCUT2D eigenvalue weighted by Gasteiger charge is -2.27. The van der Waals surface area contributed by atoms with Crippen LogP contribution in [-0.2, 0) is 17.9 Å². The van der Waals surface area contributed by atoms with Crippen molar-refractivity contribution < 1.29 is 4.79 Å². The van der Waals surface area contributed by atoms with Gasteiger partial charge in [-0.1, -0.05) is 44.0 Å². The highest BCUT2D eigenvalue weighted by molar-refractivity contribution is 5.75. The molecule has 1 amide bonds. The Balaban J connectivity index is 1.44. The fourth-order valence-electron chi connectivity index (χ4n) is 6.59. The lowest BCUT2D eigenvalue weighted by molar-refractivity contribution is -0.121. The Morgan fingerprint density at radius 1 is 0.562 bits per heavy atom. The second kappa shape index (κ2) is 28.1. The smallest absolute Gasteiger partial charge is 0.219 e. The average Bonchev–Trinajstić information content (AvgIpc) is 3.09. The van der Waals surface area contributed by atoms with Crippen molar-refractivity contribution in [3.63, 3.8) is 0 Å². The first kappa shape index (κ1) is 40.8. The van der Waals surface area contributed by atoms with Crippen molar-refractivity contribution >= 4 is 5.91 Å². The van der Waals surface area contributed by atoms with Crippen molar-refractivity contribution in [2.75, 3.05) is 118 Å². The largest absolute Gasteiger partial charge is 0.356 e. The maximum atomic E-state index is 12.2. The van der Waals surface area contributed by atoms with Gasteiger partial charge in [0.1, 0.15) is 0 Å². The fraction of sp³-hybridized carbons (Fsp3) is 0.816. The average molecular weight is 672 g/mol. The van der Waals surface area contributed by atoms with Crippen LogP contribution in [-0.4, -0.2) is 138 Å². The molecular weight excluding hydrogens is 598 g/mol. The molecule has 48 heavy (non-hydrogen) atoms. The number of carbonyl (C=O) groups is 1. The van der Waals surface area contributed by atoms with Gasteiger partial charge in [-0.05, 0) is 115 Å². The zero-order chi connectivity index (χ0) is 33.7. The van der Waals surface area contributed by atoms with Gasteiger partial charge in [0.25, 0.3) is 0 Å². The van der Waals surface area contributed by atoms with E-state index in [0.717, 1.165) is 157 Å². The first-order valence-corrected chi connectivity index (χ1v) is 19.8. The Bertz CT molecular complexity index is 889. The molecule has 0 atom stereocenters. The molecule has 0 bridgehead atoms. The van der Waals surface area contributed by atoms with Gasteiger partial charge in [0.05, 0.1) is 0 Å². The minimum absolute atomic E-state index is 0.221. The van der Waals surface area contributed by atoms with E-state index in [0.29, 0.717) is 6.42 Å². The van der Waals surface area contributed by atoms with Crippen LogP contribution in [0.25, 0.3) is 0 Å². The Morgan fingerprint density at radius 3 is 1.65 bits per heavy atom. The monoisotopic (exact) mass is 672 g/mol. The molecule has 3 rings (SSSR count). The highest BCUT2D eigenvalue weighted by Crippen LogP contribution is 2.11. The minimum atomic E-state index is 0.221. The number of rotatable bonds is 13. The Hall–Kier alpha value is -1.63. The molecular formula is C38H73N9O. The summed E-state index contributed by atoms with van der Waals surface area (Å²) in [5.74, 6) is 0.221. The number of unbranched alkanes of at least 4 members (excludes halogenated alkanes) is 3. The van der Waals surface area contributed by atoms with Gasteiger partial charge in [-0.15, -0.1) is 0 Å². The molecule has 0 aromatic heterocycles. The third kappa shape index (κ3) is 20.8. The summed E-state index contributed by atoms with van der Waals surface area (Å²) in [5.41, 5.74) is 2.83. The van der Waals surface area contributed by atoms with E-state index in [1.807, 2.05) is 0 Å². The highest BCUT2D eigenvalue weighted by Gasteiger charge is 2.12. The standard InChI is InChI=1S/C38H73N9O/c1-2-3-5-21-44-38(48)11-4-6-27-45-29-10-30-47(33-26-43-19-8-18-41-24-31-45)35-37-14-12-36(13-15-37)34-46-28-9-20-40-23-22-39-16-7-17-42-25-32-46/h12-15,39-43H,2-11,16-35H2,1H3,(H,44,48). The topological polar surface area (TPSA) is 99.0 Å². The molecule has 1 aromatic carbocycles. The first-order valence-electron chi connectivity index (χ1n) is 19.8. The molecule has 0 radical (unpaired) electrons. The van der Waals surface area contributed by atoms with Crippen LogP contribution >= 0.6 is 0 Å². The van der Waals surface area contributed by atoms with Crippen LogP contribution in [0.15, 0.2) is 24.3 Å². The highest BCUT2D eigenvalue weighted by atomic mass is 16.1. The summed E-state index contributed by atoms with van der Waals surface area (Å²) in [6, 6.07) is 9.45. The SMILES string of the molecule is CCCCCNC(=O)CCCCN1CCCN(Cc2ccc(CN3CCCNCCNCCCNCC3)cc2)CCNCCCNCC1. The van der Waals surface area contributed by atoms with Crippen LogP contribution < -0.4 is 31.9 Å². The molecule has 2 aliphatic heterocycles. The second-order valence-electron chi connectivity index (χ2n) is 13.9. The molecule has 6 N–H and O–H groups in total. The van der Waals surface area contributed by atoms with Gasteiger partial charge in [0.2, 0.25) is 5.91 Å². The number of hydrogen-bond donors (Lipinski definition) is 6. The third-order valence-electron chi connectivity index (χ3n) is 9.55. The third-order valence-corrected chi connectivity index (χ3v) is 9.55.